The van der Waals surface area contributed by atoms with Crippen LogP contribution in [0, 0.1) is 0 Å². The average molecular weight is 188 g/mol. The lowest BCUT2D eigenvalue weighted by molar-refractivity contribution is -0.132. The first kappa shape index (κ1) is 11.4. The van der Waals surface area contributed by atoms with E-state index in [4.69, 9.17) is 0 Å². The molecule has 0 saturated carbocycles. The van der Waals surface area contributed by atoms with E-state index >= 15 is 0 Å². The van der Waals surface area contributed by atoms with Crippen LogP contribution in [0.2, 0.25) is 0 Å². The number of nitrogens with one attached hydrogen (secondary N) is 1. The van der Waals surface area contributed by atoms with E-state index in [1.165, 1.54) is 14.0 Å². The van der Waals surface area contributed by atoms with Gasteiger partial charge in [0.2, 0.25) is 0 Å². The number of rotatable bonds is 3. The number of carbonyl (C=O) groups is 2. The standard InChI is InChI=1S/C7H12N2O4/c1-4-13-7(11)9-8-5(2)6(10)12-3/h4H2,1-3H3,(H,9,11)/b8-5+. The second kappa shape index (κ2) is 5.99. The molecule has 0 aromatic heterocycles. The Labute approximate surface area is 75.9 Å². The zero-order valence-corrected chi connectivity index (χ0v) is 7.79. The van der Waals surface area contributed by atoms with E-state index in [9.17, 15) is 9.59 Å². The number of nitrogens with zero attached hydrogens (tertiary/aromatic N) is 1. The summed E-state index contributed by atoms with van der Waals surface area (Å²) in [7, 11) is 1.23. The van der Waals surface area contributed by atoms with Crippen molar-refractivity contribution in [2.45, 2.75) is 13.8 Å². The lowest BCUT2D eigenvalue weighted by Gasteiger charge is -2.00. The maximum absolute atomic E-state index is 10.7. The summed E-state index contributed by atoms with van der Waals surface area (Å²) in [5.74, 6) is -0.600. The number of carbonyl (C=O) groups excluding carboxylic acids is 2. The summed E-state index contributed by atoms with van der Waals surface area (Å²) in [5.41, 5.74) is 2.08. The largest absolute Gasteiger partial charge is 0.464 e. The summed E-state index contributed by atoms with van der Waals surface area (Å²) in [4.78, 5) is 21.4. The van der Waals surface area contributed by atoms with E-state index in [0.29, 0.717) is 0 Å². The third-order valence-electron chi connectivity index (χ3n) is 1.07. The Morgan fingerprint density at radius 1 is 1.46 bits per heavy atom. The highest BCUT2D eigenvalue weighted by molar-refractivity contribution is 6.35. The molecule has 0 aromatic rings. The molecular formula is C7H12N2O4. The number of amides is 1. The zero-order valence-electron chi connectivity index (χ0n) is 7.79. The van der Waals surface area contributed by atoms with Gasteiger partial charge in [-0.1, -0.05) is 0 Å². The topological polar surface area (TPSA) is 77.0 Å². The Hall–Kier alpha value is -1.59. The first-order valence-corrected chi connectivity index (χ1v) is 3.67. The van der Waals surface area contributed by atoms with E-state index in [1.807, 2.05) is 5.43 Å². The number of hydrazone groups is 1. The second-order valence-corrected chi connectivity index (χ2v) is 2.02. The molecule has 1 amide bonds. The van der Waals surface area contributed by atoms with Gasteiger partial charge >= 0.3 is 12.1 Å². The van der Waals surface area contributed by atoms with Gasteiger partial charge in [0.25, 0.3) is 0 Å². The minimum atomic E-state index is -0.703. The molecule has 0 unspecified atom stereocenters. The summed E-state index contributed by atoms with van der Waals surface area (Å²) >= 11 is 0. The molecule has 6 heteroatoms. The molecule has 0 heterocycles. The number of esters is 1. The van der Waals surface area contributed by atoms with Crippen LogP contribution >= 0.6 is 0 Å². The maximum atomic E-state index is 10.7. The molecule has 0 bridgehead atoms. The van der Waals surface area contributed by atoms with Crippen molar-refractivity contribution in [3.63, 3.8) is 0 Å². The molecule has 0 aromatic carbocycles. The van der Waals surface area contributed by atoms with E-state index in [1.54, 1.807) is 6.92 Å². The van der Waals surface area contributed by atoms with Crippen LogP contribution in [0.15, 0.2) is 5.10 Å². The van der Waals surface area contributed by atoms with Crippen LogP contribution < -0.4 is 5.43 Å². The van der Waals surface area contributed by atoms with Crippen LogP contribution in [0.25, 0.3) is 0 Å². The quantitative estimate of drug-likeness (QED) is 0.392. The molecule has 0 rings (SSSR count). The van der Waals surface area contributed by atoms with Crippen molar-refractivity contribution in [3.05, 3.63) is 0 Å². The zero-order chi connectivity index (χ0) is 10.3. The fourth-order valence-electron chi connectivity index (χ4n) is 0.486. The van der Waals surface area contributed by atoms with Gasteiger partial charge in [0.1, 0.15) is 5.71 Å². The molecule has 0 aliphatic carbocycles. The third-order valence-corrected chi connectivity index (χ3v) is 1.07. The molecule has 74 valence electrons. The monoisotopic (exact) mass is 188 g/mol. The molecule has 0 atom stereocenters. The summed E-state index contributed by atoms with van der Waals surface area (Å²) in [6.45, 7) is 3.33. The fourth-order valence-corrected chi connectivity index (χ4v) is 0.486. The van der Waals surface area contributed by atoms with Crippen molar-refractivity contribution in [1.29, 1.82) is 0 Å². The van der Waals surface area contributed by atoms with Crippen molar-refractivity contribution < 1.29 is 19.1 Å². The summed E-state index contributed by atoms with van der Waals surface area (Å²) in [6, 6.07) is 0. The van der Waals surface area contributed by atoms with Crippen LogP contribution in [0.1, 0.15) is 13.8 Å². The van der Waals surface area contributed by atoms with Gasteiger partial charge < -0.3 is 9.47 Å². The van der Waals surface area contributed by atoms with Crippen molar-refractivity contribution in [1.82, 2.24) is 5.43 Å². The highest BCUT2D eigenvalue weighted by Crippen LogP contribution is 1.81. The minimum absolute atomic E-state index is 0.0514. The van der Waals surface area contributed by atoms with E-state index in [2.05, 4.69) is 14.6 Å². The molecule has 6 nitrogen and oxygen atoms in total. The SMILES string of the molecule is CCOC(=O)N/N=C(\C)C(=O)OC. The van der Waals surface area contributed by atoms with Gasteiger partial charge in [-0.15, -0.1) is 0 Å². The second-order valence-electron chi connectivity index (χ2n) is 2.02. The molecule has 0 aliphatic heterocycles. The summed E-state index contributed by atoms with van der Waals surface area (Å²) < 4.78 is 8.84. The van der Waals surface area contributed by atoms with Gasteiger partial charge in [-0.25, -0.2) is 15.0 Å². The summed E-state index contributed by atoms with van der Waals surface area (Å²) in [6.07, 6.45) is -0.703. The Balaban J connectivity index is 3.96. The number of methoxy groups -OCH3 is 1. The summed E-state index contributed by atoms with van der Waals surface area (Å²) in [5, 5.41) is 3.43. The highest BCUT2D eigenvalue weighted by atomic mass is 16.6. The van der Waals surface area contributed by atoms with Crippen LogP contribution in [0.5, 0.6) is 0 Å². The van der Waals surface area contributed by atoms with Crippen molar-refractivity contribution in [2.24, 2.45) is 5.10 Å². The molecule has 0 saturated heterocycles. The normalized spacial score (nSPS) is 10.5. The number of ether oxygens (including phenoxy) is 2. The van der Waals surface area contributed by atoms with Gasteiger partial charge in [0.05, 0.1) is 13.7 Å². The molecule has 0 fully saturated rings. The lowest BCUT2D eigenvalue weighted by Crippen LogP contribution is -2.23. The van der Waals surface area contributed by atoms with E-state index in [0.717, 1.165) is 0 Å². The van der Waals surface area contributed by atoms with Gasteiger partial charge in [-0.3, -0.25) is 0 Å². The molecule has 0 spiro atoms. The van der Waals surface area contributed by atoms with Crippen LogP contribution in [0.3, 0.4) is 0 Å². The number of hydrogen-bond acceptors (Lipinski definition) is 5. The Bertz CT molecular complexity index is 225. The van der Waals surface area contributed by atoms with Crippen molar-refractivity contribution in [3.8, 4) is 0 Å². The predicted molar refractivity (Wildman–Crippen MR) is 45.3 cm³/mol. The smallest absolute Gasteiger partial charge is 0.427 e. The minimum Gasteiger partial charge on any atom is -0.464 e. The Morgan fingerprint density at radius 3 is 2.54 bits per heavy atom. The Kier molecular flexibility index (Phi) is 5.25. The van der Waals surface area contributed by atoms with Gasteiger partial charge in [0.15, 0.2) is 0 Å². The van der Waals surface area contributed by atoms with Gasteiger partial charge in [0, 0.05) is 0 Å². The third kappa shape index (κ3) is 4.78. The molecular weight excluding hydrogens is 176 g/mol. The van der Waals surface area contributed by atoms with Crippen molar-refractivity contribution >= 4 is 17.8 Å². The lowest BCUT2D eigenvalue weighted by atomic mass is 10.4. The van der Waals surface area contributed by atoms with Crippen LogP contribution in [0.4, 0.5) is 4.79 Å². The van der Waals surface area contributed by atoms with Gasteiger partial charge in [-0.05, 0) is 13.8 Å². The first-order valence-electron chi connectivity index (χ1n) is 3.67. The van der Waals surface area contributed by atoms with Crippen LogP contribution in [-0.4, -0.2) is 31.5 Å². The van der Waals surface area contributed by atoms with E-state index in [-0.39, 0.29) is 12.3 Å². The van der Waals surface area contributed by atoms with Crippen LogP contribution in [-0.2, 0) is 14.3 Å². The molecule has 0 radical (unpaired) electrons. The predicted octanol–water partition coefficient (Wildman–Crippen LogP) is 0.281. The Morgan fingerprint density at radius 2 is 2.08 bits per heavy atom. The van der Waals surface area contributed by atoms with Gasteiger partial charge in [-0.2, -0.15) is 5.10 Å². The van der Waals surface area contributed by atoms with Crippen molar-refractivity contribution in [2.75, 3.05) is 13.7 Å². The maximum Gasteiger partial charge on any atom is 0.427 e. The number of hydrogen-bond donors (Lipinski definition) is 1. The highest BCUT2D eigenvalue weighted by Gasteiger charge is 2.05. The first-order chi connectivity index (χ1) is 6.11. The molecule has 1 N–H and O–H groups in total. The fraction of sp³-hybridized carbons (Fsp3) is 0.571. The molecule has 13 heavy (non-hydrogen) atoms. The van der Waals surface area contributed by atoms with E-state index < -0.39 is 12.1 Å². The average Bonchev–Trinajstić information content (AvgIpc) is 2.13. The molecule has 0 aliphatic rings.